The number of rotatable bonds is 4. The van der Waals surface area contributed by atoms with E-state index in [4.69, 9.17) is 10.5 Å². The van der Waals surface area contributed by atoms with Crippen molar-refractivity contribution in [2.75, 3.05) is 13.2 Å². The average Bonchev–Trinajstić information content (AvgIpc) is 2.55. The molecule has 3 unspecified atom stereocenters. The van der Waals surface area contributed by atoms with E-state index in [2.05, 4.69) is 5.32 Å². The summed E-state index contributed by atoms with van der Waals surface area (Å²) in [5, 5.41) is 15.0. The van der Waals surface area contributed by atoms with Crippen LogP contribution in [0.1, 0.15) is 20.3 Å². The van der Waals surface area contributed by atoms with E-state index in [1.807, 2.05) is 5.32 Å². The highest BCUT2D eigenvalue weighted by Gasteiger charge is 2.39. The molecule has 7 nitrogen and oxygen atoms in total. The third kappa shape index (κ3) is 3.65. The summed E-state index contributed by atoms with van der Waals surface area (Å²) in [6.45, 7) is 4.09. The van der Waals surface area contributed by atoms with Crippen LogP contribution >= 0.6 is 0 Å². The second-order valence-electron chi connectivity index (χ2n) is 4.32. The van der Waals surface area contributed by atoms with Gasteiger partial charge < -0.3 is 20.9 Å². The first-order valence-electron chi connectivity index (χ1n) is 5.53. The molecule has 5 N–H and O–H groups in total. The summed E-state index contributed by atoms with van der Waals surface area (Å²) < 4.78 is 5.26. The van der Waals surface area contributed by atoms with Crippen molar-refractivity contribution in [2.45, 2.75) is 38.0 Å². The Hall–Kier alpha value is -1.18. The van der Waals surface area contributed by atoms with Crippen LogP contribution in [-0.2, 0) is 9.53 Å². The van der Waals surface area contributed by atoms with Crippen molar-refractivity contribution < 1.29 is 19.4 Å². The first-order chi connectivity index (χ1) is 7.85. The van der Waals surface area contributed by atoms with Crippen LogP contribution in [0.4, 0.5) is 4.79 Å². The third-order valence-corrected chi connectivity index (χ3v) is 3.01. The Morgan fingerprint density at radius 3 is 2.76 bits per heavy atom. The lowest BCUT2D eigenvalue weighted by molar-refractivity contribution is -0.122. The Balaban J connectivity index is 2.39. The van der Waals surface area contributed by atoms with E-state index in [0.29, 0.717) is 13.0 Å². The number of primary amides is 1. The van der Waals surface area contributed by atoms with Gasteiger partial charge in [-0.3, -0.25) is 10.1 Å². The zero-order valence-corrected chi connectivity index (χ0v) is 10.0. The molecule has 17 heavy (non-hydrogen) atoms. The van der Waals surface area contributed by atoms with Crippen LogP contribution in [0.3, 0.4) is 0 Å². The zero-order valence-electron chi connectivity index (χ0n) is 10.0. The van der Waals surface area contributed by atoms with Crippen LogP contribution in [0.15, 0.2) is 0 Å². The standard InChI is InChI=1S/C10H19N3O4/c1-6(8(14)13-9(11)15)12-5-10(16)3-4-17-7(10)2/h6-7,12,16H,3-5H2,1-2H3,(H3,11,13,14,15). The molecule has 1 saturated heterocycles. The number of carbonyl (C=O) groups is 2. The molecule has 3 amide bonds. The molecule has 1 aliphatic heterocycles. The summed E-state index contributed by atoms with van der Waals surface area (Å²) in [5.41, 5.74) is 3.86. The minimum atomic E-state index is -0.971. The van der Waals surface area contributed by atoms with E-state index >= 15 is 0 Å². The van der Waals surface area contributed by atoms with Gasteiger partial charge in [-0.2, -0.15) is 0 Å². The number of carbonyl (C=O) groups excluding carboxylic acids is 2. The molecule has 98 valence electrons. The molecule has 0 aromatic carbocycles. The third-order valence-electron chi connectivity index (χ3n) is 3.01. The van der Waals surface area contributed by atoms with Gasteiger partial charge in [-0.25, -0.2) is 4.79 Å². The lowest BCUT2D eigenvalue weighted by Crippen LogP contribution is -2.53. The second-order valence-corrected chi connectivity index (χ2v) is 4.32. The smallest absolute Gasteiger partial charge is 0.318 e. The number of amides is 3. The fourth-order valence-corrected chi connectivity index (χ4v) is 1.66. The molecule has 3 atom stereocenters. The molecule has 1 rings (SSSR count). The molecule has 0 aromatic heterocycles. The Kier molecular flexibility index (Phi) is 4.44. The molecule has 1 aliphatic rings. The molecular formula is C10H19N3O4. The number of aliphatic hydroxyl groups is 1. The normalized spacial score (nSPS) is 29.9. The van der Waals surface area contributed by atoms with Gasteiger partial charge in [0.25, 0.3) is 0 Å². The van der Waals surface area contributed by atoms with Crippen LogP contribution in [0, 0.1) is 0 Å². The van der Waals surface area contributed by atoms with Gasteiger partial charge in [-0.15, -0.1) is 0 Å². The largest absolute Gasteiger partial charge is 0.386 e. The fourth-order valence-electron chi connectivity index (χ4n) is 1.66. The van der Waals surface area contributed by atoms with Crippen LogP contribution in [0.2, 0.25) is 0 Å². The highest BCUT2D eigenvalue weighted by atomic mass is 16.5. The second kappa shape index (κ2) is 5.44. The van der Waals surface area contributed by atoms with Gasteiger partial charge >= 0.3 is 6.03 Å². The van der Waals surface area contributed by atoms with Crippen molar-refractivity contribution in [3.63, 3.8) is 0 Å². The van der Waals surface area contributed by atoms with Gasteiger partial charge in [-0.1, -0.05) is 0 Å². The molecule has 0 radical (unpaired) electrons. The average molecular weight is 245 g/mol. The van der Waals surface area contributed by atoms with E-state index in [1.165, 1.54) is 0 Å². The monoisotopic (exact) mass is 245 g/mol. The van der Waals surface area contributed by atoms with Gasteiger partial charge in [0, 0.05) is 19.6 Å². The van der Waals surface area contributed by atoms with E-state index in [1.54, 1.807) is 13.8 Å². The predicted octanol–water partition coefficient (Wildman–Crippen LogP) is -1.30. The quantitative estimate of drug-likeness (QED) is 0.491. The number of urea groups is 1. The topological polar surface area (TPSA) is 114 Å². The minimum Gasteiger partial charge on any atom is -0.386 e. The van der Waals surface area contributed by atoms with Crippen molar-refractivity contribution in [2.24, 2.45) is 5.73 Å². The Morgan fingerprint density at radius 2 is 2.29 bits per heavy atom. The van der Waals surface area contributed by atoms with E-state index in [9.17, 15) is 14.7 Å². The molecular weight excluding hydrogens is 226 g/mol. The molecule has 1 fully saturated rings. The van der Waals surface area contributed by atoms with Crippen molar-refractivity contribution in [3.05, 3.63) is 0 Å². The van der Waals surface area contributed by atoms with Crippen LogP contribution in [0.5, 0.6) is 0 Å². The SMILES string of the molecule is CC(NCC1(O)CCOC1C)C(=O)NC(N)=O. The highest BCUT2D eigenvalue weighted by Crippen LogP contribution is 2.24. The van der Waals surface area contributed by atoms with Gasteiger partial charge in [0.2, 0.25) is 5.91 Å². The maximum Gasteiger partial charge on any atom is 0.318 e. The predicted molar refractivity (Wildman–Crippen MR) is 60.2 cm³/mol. The summed E-state index contributed by atoms with van der Waals surface area (Å²) in [6, 6.07) is -1.50. The molecule has 0 aliphatic carbocycles. The Bertz CT molecular complexity index is 310. The molecule has 0 saturated carbocycles. The van der Waals surface area contributed by atoms with E-state index in [0.717, 1.165) is 0 Å². The first kappa shape index (κ1) is 13.9. The first-order valence-corrected chi connectivity index (χ1v) is 5.53. The summed E-state index contributed by atoms with van der Waals surface area (Å²) >= 11 is 0. The van der Waals surface area contributed by atoms with Crippen molar-refractivity contribution in [1.82, 2.24) is 10.6 Å². The fraction of sp³-hybridized carbons (Fsp3) is 0.800. The number of imide groups is 1. The van der Waals surface area contributed by atoms with Gasteiger partial charge in [0.05, 0.1) is 12.1 Å². The maximum absolute atomic E-state index is 11.4. The van der Waals surface area contributed by atoms with Gasteiger partial charge in [0.15, 0.2) is 0 Å². The molecule has 7 heteroatoms. The summed E-state index contributed by atoms with van der Waals surface area (Å²) in [5.74, 6) is -0.521. The van der Waals surface area contributed by atoms with Gasteiger partial charge in [-0.05, 0) is 13.8 Å². The lowest BCUT2D eigenvalue weighted by Gasteiger charge is -2.27. The number of nitrogens with one attached hydrogen (secondary N) is 2. The van der Waals surface area contributed by atoms with Crippen molar-refractivity contribution >= 4 is 11.9 Å². The molecule has 0 aromatic rings. The van der Waals surface area contributed by atoms with Crippen LogP contribution < -0.4 is 16.4 Å². The Morgan fingerprint density at radius 1 is 1.65 bits per heavy atom. The van der Waals surface area contributed by atoms with Crippen molar-refractivity contribution in [3.8, 4) is 0 Å². The van der Waals surface area contributed by atoms with Gasteiger partial charge in [0.1, 0.15) is 5.60 Å². The highest BCUT2D eigenvalue weighted by molar-refractivity contribution is 5.96. The lowest BCUT2D eigenvalue weighted by atomic mass is 9.96. The number of ether oxygens (including phenoxy) is 1. The zero-order chi connectivity index (χ0) is 13.1. The van der Waals surface area contributed by atoms with Crippen LogP contribution in [0.25, 0.3) is 0 Å². The molecule has 0 spiro atoms. The number of nitrogens with two attached hydrogens (primary N) is 1. The molecule has 0 bridgehead atoms. The maximum atomic E-state index is 11.4. The summed E-state index contributed by atoms with van der Waals surface area (Å²) in [6.07, 6.45) is 0.243. The summed E-state index contributed by atoms with van der Waals surface area (Å²) in [7, 11) is 0. The van der Waals surface area contributed by atoms with E-state index < -0.39 is 23.6 Å². The Labute approximate surface area is 99.7 Å². The number of hydrogen-bond donors (Lipinski definition) is 4. The minimum absolute atomic E-state index is 0.224. The summed E-state index contributed by atoms with van der Waals surface area (Å²) in [4.78, 5) is 21.8. The number of hydrogen-bond acceptors (Lipinski definition) is 5. The van der Waals surface area contributed by atoms with Crippen LogP contribution in [-0.4, -0.2) is 47.9 Å². The molecule has 1 heterocycles. The van der Waals surface area contributed by atoms with E-state index in [-0.39, 0.29) is 12.6 Å². The van der Waals surface area contributed by atoms with Crippen molar-refractivity contribution in [1.29, 1.82) is 0 Å².